The monoisotopic (exact) mass is 242 g/mol. The average Bonchev–Trinajstić information content (AvgIpc) is 2.97. The maximum Gasteiger partial charge on any atom is 0.0471 e. The van der Waals surface area contributed by atoms with Gasteiger partial charge in [0.05, 0.1) is 0 Å². The fourth-order valence-corrected chi connectivity index (χ4v) is 3.05. The Morgan fingerprint density at radius 1 is 0.824 bits per heavy atom. The normalized spacial score (nSPS) is 31.4. The molecule has 2 saturated heterocycles. The average molecular weight is 242 g/mol. The van der Waals surface area contributed by atoms with E-state index in [-0.39, 0.29) is 0 Å². The molecule has 0 aromatic heterocycles. The number of aliphatic hydroxyl groups excluding tert-OH is 2. The Bertz CT molecular complexity index is 203. The van der Waals surface area contributed by atoms with Crippen LogP contribution in [0.3, 0.4) is 0 Å². The Kier molecular flexibility index (Phi) is 5.22. The maximum atomic E-state index is 9.08. The van der Waals surface area contributed by atoms with Crippen LogP contribution >= 0.6 is 0 Å². The summed E-state index contributed by atoms with van der Waals surface area (Å²) in [5.74, 6) is 1.03. The predicted molar refractivity (Wildman–Crippen MR) is 67.9 cm³/mol. The van der Waals surface area contributed by atoms with Crippen molar-refractivity contribution in [2.24, 2.45) is 11.8 Å². The lowest BCUT2D eigenvalue weighted by Crippen LogP contribution is -2.28. The van der Waals surface area contributed by atoms with Gasteiger partial charge in [-0.1, -0.05) is 0 Å². The van der Waals surface area contributed by atoms with Crippen LogP contribution in [0.1, 0.15) is 19.3 Å². The SMILES string of the molecule is OCC1CCN(CCCN2CCC(CO)C2)C1. The molecule has 2 heterocycles. The zero-order valence-corrected chi connectivity index (χ0v) is 10.7. The van der Waals surface area contributed by atoms with Gasteiger partial charge >= 0.3 is 0 Å². The van der Waals surface area contributed by atoms with E-state index in [2.05, 4.69) is 9.80 Å². The maximum absolute atomic E-state index is 9.08. The molecule has 2 aliphatic heterocycles. The van der Waals surface area contributed by atoms with Crippen LogP contribution in [0.25, 0.3) is 0 Å². The third-order valence-electron chi connectivity index (χ3n) is 4.21. The Labute approximate surface area is 104 Å². The van der Waals surface area contributed by atoms with Crippen molar-refractivity contribution < 1.29 is 10.2 Å². The van der Waals surface area contributed by atoms with Gasteiger partial charge in [0, 0.05) is 26.3 Å². The van der Waals surface area contributed by atoms with E-state index in [4.69, 9.17) is 10.2 Å². The summed E-state index contributed by atoms with van der Waals surface area (Å²) in [5, 5.41) is 18.2. The number of aliphatic hydroxyl groups is 2. The fourth-order valence-electron chi connectivity index (χ4n) is 3.05. The smallest absolute Gasteiger partial charge is 0.0471 e. The number of nitrogens with zero attached hydrogens (tertiary/aromatic N) is 2. The number of hydrogen-bond donors (Lipinski definition) is 2. The van der Waals surface area contributed by atoms with Gasteiger partial charge in [0.2, 0.25) is 0 Å². The minimum Gasteiger partial charge on any atom is -0.396 e. The molecule has 0 spiro atoms. The van der Waals surface area contributed by atoms with Crippen molar-refractivity contribution in [2.45, 2.75) is 19.3 Å². The molecule has 2 fully saturated rings. The summed E-state index contributed by atoms with van der Waals surface area (Å²) in [6.07, 6.45) is 3.54. The molecule has 0 aliphatic carbocycles. The minimum absolute atomic E-state index is 0.348. The van der Waals surface area contributed by atoms with E-state index in [0.717, 1.165) is 52.1 Å². The van der Waals surface area contributed by atoms with E-state index in [1.807, 2.05) is 0 Å². The molecule has 0 aromatic carbocycles. The van der Waals surface area contributed by atoms with Gasteiger partial charge in [-0.25, -0.2) is 0 Å². The molecule has 0 saturated carbocycles. The Balaban J connectivity index is 1.55. The van der Waals surface area contributed by atoms with Crippen LogP contribution in [-0.2, 0) is 0 Å². The highest BCUT2D eigenvalue weighted by Crippen LogP contribution is 2.17. The quantitative estimate of drug-likeness (QED) is 0.688. The van der Waals surface area contributed by atoms with Crippen molar-refractivity contribution in [3.63, 3.8) is 0 Å². The molecule has 2 rings (SSSR count). The topological polar surface area (TPSA) is 46.9 Å². The van der Waals surface area contributed by atoms with Crippen LogP contribution in [0, 0.1) is 11.8 Å². The highest BCUT2D eigenvalue weighted by atomic mass is 16.3. The van der Waals surface area contributed by atoms with Gasteiger partial charge in [0.25, 0.3) is 0 Å². The van der Waals surface area contributed by atoms with Crippen molar-refractivity contribution in [3.05, 3.63) is 0 Å². The minimum atomic E-state index is 0.348. The summed E-state index contributed by atoms with van der Waals surface area (Å²) in [6, 6.07) is 0. The molecular weight excluding hydrogens is 216 g/mol. The fraction of sp³-hybridized carbons (Fsp3) is 1.00. The zero-order chi connectivity index (χ0) is 12.1. The second-order valence-corrected chi connectivity index (χ2v) is 5.63. The Morgan fingerprint density at radius 2 is 1.29 bits per heavy atom. The van der Waals surface area contributed by atoms with Gasteiger partial charge in [-0.3, -0.25) is 0 Å². The molecule has 100 valence electrons. The first-order chi connectivity index (χ1) is 8.31. The molecule has 2 N–H and O–H groups in total. The van der Waals surface area contributed by atoms with E-state index < -0.39 is 0 Å². The zero-order valence-electron chi connectivity index (χ0n) is 10.7. The summed E-state index contributed by atoms with van der Waals surface area (Å²) in [6.45, 7) is 7.50. The van der Waals surface area contributed by atoms with E-state index in [1.165, 1.54) is 6.42 Å². The first-order valence-electron chi connectivity index (χ1n) is 6.98. The first-order valence-corrected chi connectivity index (χ1v) is 6.98. The van der Waals surface area contributed by atoms with Crippen LogP contribution in [0.15, 0.2) is 0 Å². The van der Waals surface area contributed by atoms with Gasteiger partial charge in [0.1, 0.15) is 0 Å². The summed E-state index contributed by atoms with van der Waals surface area (Å²) >= 11 is 0. The summed E-state index contributed by atoms with van der Waals surface area (Å²) < 4.78 is 0. The Hall–Kier alpha value is -0.160. The lowest BCUT2D eigenvalue weighted by molar-refractivity contribution is 0.210. The number of hydrogen-bond acceptors (Lipinski definition) is 4. The molecule has 0 radical (unpaired) electrons. The molecular formula is C13H26N2O2. The molecule has 17 heavy (non-hydrogen) atoms. The van der Waals surface area contributed by atoms with Gasteiger partial charge in [0.15, 0.2) is 0 Å². The van der Waals surface area contributed by atoms with Gasteiger partial charge in [-0.15, -0.1) is 0 Å². The summed E-state index contributed by atoms with van der Waals surface area (Å²) in [4.78, 5) is 4.95. The van der Waals surface area contributed by atoms with Crippen LogP contribution < -0.4 is 0 Å². The molecule has 2 aliphatic rings. The van der Waals surface area contributed by atoms with Crippen LogP contribution in [-0.4, -0.2) is 72.5 Å². The third kappa shape index (κ3) is 3.91. The molecule has 0 amide bonds. The van der Waals surface area contributed by atoms with E-state index in [9.17, 15) is 0 Å². The highest BCUT2D eigenvalue weighted by molar-refractivity contribution is 4.77. The van der Waals surface area contributed by atoms with Crippen molar-refractivity contribution in [2.75, 3.05) is 52.5 Å². The molecule has 0 bridgehead atoms. The van der Waals surface area contributed by atoms with Crippen molar-refractivity contribution in [1.29, 1.82) is 0 Å². The third-order valence-corrected chi connectivity index (χ3v) is 4.21. The lowest BCUT2D eigenvalue weighted by Gasteiger charge is -2.19. The van der Waals surface area contributed by atoms with Crippen LogP contribution in [0.2, 0.25) is 0 Å². The second-order valence-electron chi connectivity index (χ2n) is 5.63. The summed E-state index contributed by atoms with van der Waals surface area (Å²) in [5.41, 5.74) is 0. The molecule has 2 atom stereocenters. The van der Waals surface area contributed by atoms with Crippen molar-refractivity contribution in [1.82, 2.24) is 9.80 Å². The summed E-state index contributed by atoms with van der Waals surface area (Å²) in [7, 11) is 0. The van der Waals surface area contributed by atoms with Gasteiger partial charge < -0.3 is 20.0 Å². The predicted octanol–water partition coefficient (Wildman–Crippen LogP) is 0.00490. The lowest BCUT2D eigenvalue weighted by atomic mass is 10.1. The van der Waals surface area contributed by atoms with Crippen LogP contribution in [0.5, 0.6) is 0 Å². The number of likely N-dealkylation sites (tertiary alicyclic amines) is 2. The van der Waals surface area contributed by atoms with Crippen molar-refractivity contribution >= 4 is 0 Å². The molecule has 4 heteroatoms. The Morgan fingerprint density at radius 3 is 1.65 bits per heavy atom. The molecule has 2 unspecified atom stereocenters. The largest absolute Gasteiger partial charge is 0.396 e. The van der Waals surface area contributed by atoms with E-state index in [0.29, 0.717) is 25.0 Å². The first kappa shape index (κ1) is 13.3. The standard InChI is InChI=1S/C13H26N2O2/c16-10-12-2-6-14(8-12)4-1-5-15-7-3-13(9-15)11-17/h12-13,16-17H,1-11H2. The molecule has 0 aromatic rings. The molecule has 4 nitrogen and oxygen atoms in total. The second kappa shape index (κ2) is 6.69. The van der Waals surface area contributed by atoms with Crippen molar-refractivity contribution in [3.8, 4) is 0 Å². The highest BCUT2D eigenvalue weighted by Gasteiger charge is 2.23. The van der Waals surface area contributed by atoms with Crippen LogP contribution in [0.4, 0.5) is 0 Å². The van der Waals surface area contributed by atoms with E-state index >= 15 is 0 Å². The number of rotatable bonds is 6. The van der Waals surface area contributed by atoms with Gasteiger partial charge in [-0.05, 0) is 57.3 Å². The van der Waals surface area contributed by atoms with E-state index in [1.54, 1.807) is 0 Å². The van der Waals surface area contributed by atoms with Gasteiger partial charge in [-0.2, -0.15) is 0 Å².